The molecule has 136 valence electrons. The first-order chi connectivity index (χ1) is 12.6. The molecule has 0 saturated carbocycles. The van der Waals surface area contributed by atoms with Crippen LogP contribution in [0, 0.1) is 11.7 Å². The van der Waals surface area contributed by atoms with Crippen LogP contribution in [-0.4, -0.2) is 32.0 Å². The number of para-hydroxylation sites is 2. The van der Waals surface area contributed by atoms with Gasteiger partial charge in [0.15, 0.2) is 0 Å². The molecule has 1 saturated heterocycles. The second-order valence-corrected chi connectivity index (χ2v) is 6.21. The second-order valence-electron chi connectivity index (χ2n) is 6.21. The predicted octanol–water partition coefficient (Wildman–Crippen LogP) is 2.55. The number of carbonyl (C=O) groups excluding carboxylic acids is 2. The van der Waals surface area contributed by atoms with Gasteiger partial charge in [-0.1, -0.05) is 30.3 Å². The van der Waals surface area contributed by atoms with Crippen LogP contribution in [0.3, 0.4) is 0 Å². The fourth-order valence-corrected chi connectivity index (χ4v) is 3.16. The van der Waals surface area contributed by atoms with Crippen LogP contribution in [0.1, 0.15) is 12.0 Å². The number of amides is 2. The quantitative estimate of drug-likeness (QED) is 0.865. The minimum atomic E-state index is -0.472. The Morgan fingerprint density at radius 1 is 1.23 bits per heavy atom. The van der Waals surface area contributed by atoms with E-state index in [4.69, 9.17) is 4.74 Å². The van der Waals surface area contributed by atoms with Crippen molar-refractivity contribution >= 4 is 17.5 Å². The van der Waals surface area contributed by atoms with E-state index < -0.39 is 11.7 Å². The molecule has 1 heterocycles. The zero-order chi connectivity index (χ0) is 18.5. The van der Waals surface area contributed by atoms with Gasteiger partial charge in [-0.3, -0.25) is 9.59 Å². The number of anilines is 1. The van der Waals surface area contributed by atoms with Crippen molar-refractivity contribution in [1.82, 2.24) is 5.32 Å². The molecule has 1 atom stereocenters. The van der Waals surface area contributed by atoms with E-state index in [1.807, 2.05) is 24.3 Å². The highest BCUT2D eigenvalue weighted by Crippen LogP contribution is 2.27. The van der Waals surface area contributed by atoms with Gasteiger partial charge in [-0.2, -0.15) is 0 Å². The number of hydrogen-bond donors (Lipinski definition) is 1. The highest BCUT2D eigenvalue weighted by Gasteiger charge is 2.35. The van der Waals surface area contributed by atoms with Gasteiger partial charge < -0.3 is 15.0 Å². The second kappa shape index (κ2) is 7.99. The lowest BCUT2D eigenvalue weighted by Crippen LogP contribution is -2.34. The molecule has 6 heteroatoms. The van der Waals surface area contributed by atoms with Crippen molar-refractivity contribution in [2.45, 2.75) is 12.8 Å². The number of hydrogen-bond acceptors (Lipinski definition) is 3. The van der Waals surface area contributed by atoms with E-state index in [1.54, 1.807) is 25.3 Å². The molecule has 0 aliphatic carbocycles. The maximum Gasteiger partial charge on any atom is 0.227 e. The molecule has 0 bridgehead atoms. The van der Waals surface area contributed by atoms with Gasteiger partial charge >= 0.3 is 0 Å². The van der Waals surface area contributed by atoms with Gasteiger partial charge in [-0.15, -0.1) is 0 Å². The van der Waals surface area contributed by atoms with Crippen LogP contribution in [0.4, 0.5) is 10.1 Å². The summed E-state index contributed by atoms with van der Waals surface area (Å²) in [6.45, 7) is 0.643. The number of nitrogens with one attached hydrogen (secondary N) is 1. The Morgan fingerprint density at radius 3 is 2.73 bits per heavy atom. The first kappa shape index (κ1) is 17.9. The summed E-state index contributed by atoms with van der Waals surface area (Å²) < 4.78 is 19.2. The van der Waals surface area contributed by atoms with Crippen molar-refractivity contribution in [2.75, 3.05) is 25.1 Å². The van der Waals surface area contributed by atoms with Crippen LogP contribution in [0.5, 0.6) is 5.75 Å². The molecule has 1 fully saturated rings. The van der Waals surface area contributed by atoms with Gasteiger partial charge in [-0.25, -0.2) is 4.39 Å². The monoisotopic (exact) mass is 356 g/mol. The van der Waals surface area contributed by atoms with Crippen LogP contribution in [0.15, 0.2) is 48.5 Å². The largest absolute Gasteiger partial charge is 0.496 e. The van der Waals surface area contributed by atoms with E-state index in [2.05, 4.69) is 5.32 Å². The smallest absolute Gasteiger partial charge is 0.227 e. The number of halogens is 1. The molecule has 5 nitrogen and oxygen atoms in total. The lowest BCUT2D eigenvalue weighted by atomic mass is 10.1. The summed E-state index contributed by atoms with van der Waals surface area (Å²) in [7, 11) is 1.61. The topological polar surface area (TPSA) is 58.6 Å². The highest BCUT2D eigenvalue weighted by molar-refractivity contribution is 6.00. The molecule has 1 N–H and O–H groups in total. The summed E-state index contributed by atoms with van der Waals surface area (Å²) in [5.41, 5.74) is 1.23. The van der Waals surface area contributed by atoms with E-state index in [1.165, 1.54) is 11.0 Å². The Kier molecular flexibility index (Phi) is 5.51. The Morgan fingerprint density at radius 2 is 1.96 bits per heavy atom. The van der Waals surface area contributed by atoms with Crippen molar-refractivity contribution in [3.63, 3.8) is 0 Å². The van der Waals surface area contributed by atoms with Gasteiger partial charge in [0.25, 0.3) is 0 Å². The number of ether oxygens (including phenoxy) is 1. The average Bonchev–Trinajstić information content (AvgIpc) is 3.04. The Bertz CT molecular complexity index is 809. The molecule has 3 rings (SSSR count). The maximum atomic E-state index is 13.9. The number of benzene rings is 2. The summed E-state index contributed by atoms with van der Waals surface area (Å²) in [4.78, 5) is 25.9. The molecular formula is C20H21FN2O3. The zero-order valence-electron chi connectivity index (χ0n) is 14.6. The third-order valence-corrected chi connectivity index (χ3v) is 4.53. The van der Waals surface area contributed by atoms with E-state index in [0.29, 0.717) is 13.0 Å². The normalized spacial score (nSPS) is 16.6. The number of carbonyl (C=O) groups is 2. The van der Waals surface area contributed by atoms with E-state index in [0.717, 1.165) is 11.3 Å². The molecule has 26 heavy (non-hydrogen) atoms. The Balaban J connectivity index is 1.56. The lowest BCUT2D eigenvalue weighted by molar-refractivity contribution is -0.126. The molecule has 0 radical (unpaired) electrons. The van der Waals surface area contributed by atoms with Crippen LogP contribution in [-0.2, 0) is 16.0 Å². The van der Waals surface area contributed by atoms with Crippen LogP contribution in [0.2, 0.25) is 0 Å². The van der Waals surface area contributed by atoms with Crippen molar-refractivity contribution < 1.29 is 18.7 Å². The van der Waals surface area contributed by atoms with Crippen LogP contribution < -0.4 is 15.0 Å². The first-order valence-electron chi connectivity index (χ1n) is 8.54. The number of nitrogens with zero attached hydrogens (tertiary/aromatic N) is 1. The number of rotatable bonds is 6. The lowest BCUT2D eigenvalue weighted by Gasteiger charge is -2.17. The summed E-state index contributed by atoms with van der Waals surface area (Å²) in [6.07, 6.45) is 0.724. The van der Waals surface area contributed by atoms with E-state index >= 15 is 0 Å². The minimum absolute atomic E-state index is 0.0921. The summed E-state index contributed by atoms with van der Waals surface area (Å²) in [6, 6.07) is 13.7. The van der Waals surface area contributed by atoms with Crippen molar-refractivity contribution in [3.8, 4) is 5.75 Å². The molecular weight excluding hydrogens is 335 g/mol. The van der Waals surface area contributed by atoms with Crippen LogP contribution >= 0.6 is 0 Å². The molecule has 0 unspecified atom stereocenters. The average molecular weight is 356 g/mol. The maximum absolute atomic E-state index is 13.9. The van der Waals surface area contributed by atoms with E-state index in [-0.39, 0.29) is 30.5 Å². The standard InChI is InChI=1S/C20H21FN2O3/c1-26-18-9-5-2-6-14(18)10-11-22-20(25)15-12-19(24)23(13-15)17-8-4-3-7-16(17)21/h2-9,15H,10-13H2,1H3,(H,22,25)/t15-/m1/s1. The fourth-order valence-electron chi connectivity index (χ4n) is 3.16. The third-order valence-electron chi connectivity index (χ3n) is 4.53. The molecule has 0 aromatic heterocycles. The summed E-state index contributed by atoms with van der Waals surface area (Å²) in [5.74, 6) is -0.576. The van der Waals surface area contributed by atoms with Gasteiger partial charge in [0, 0.05) is 19.5 Å². The van der Waals surface area contributed by atoms with Gasteiger partial charge in [0.2, 0.25) is 11.8 Å². The van der Waals surface area contributed by atoms with Crippen molar-refractivity contribution in [1.29, 1.82) is 0 Å². The minimum Gasteiger partial charge on any atom is -0.496 e. The molecule has 2 aromatic carbocycles. The van der Waals surface area contributed by atoms with Crippen LogP contribution in [0.25, 0.3) is 0 Å². The Hall–Kier alpha value is -2.89. The highest BCUT2D eigenvalue weighted by atomic mass is 19.1. The number of methoxy groups -OCH3 is 1. The molecule has 2 amide bonds. The summed E-state index contributed by atoms with van der Waals surface area (Å²) >= 11 is 0. The van der Waals surface area contributed by atoms with Crippen molar-refractivity contribution in [2.24, 2.45) is 5.92 Å². The first-order valence-corrected chi connectivity index (χ1v) is 8.54. The molecule has 1 aliphatic heterocycles. The SMILES string of the molecule is COc1ccccc1CCNC(=O)[C@@H]1CC(=O)N(c2ccccc2F)C1. The third kappa shape index (κ3) is 3.85. The molecule has 1 aliphatic rings. The fraction of sp³-hybridized carbons (Fsp3) is 0.300. The van der Waals surface area contributed by atoms with Gasteiger partial charge in [0.1, 0.15) is 11.6 Å². The molecule has 0 spiro atoms. The summed E-state index contributed by atoms with van der Waals surface area (Å²) in [5, 5.41) is 2.86. The van der Waals surface area contributed by atoms with E-state index in [9.17, 15) is 14.0 Å². The Labute approximate surface area is 151 Å². The predicted molar refractivity (Wildman–Crippen MR) is 96.6 cm³/mol. The van der Waals surface area contributed by atoms with Gasteiger partial charge in [0.05, 0.1) is 18.7 Å². The van der Waals surface area contributed by atoms with Crippen molar-refractivity contribution in [3.05, 3.63) is 59.9 Å². The molecule has 2 aromatic rings. The zero-order valence-corrected chi connectivity index (χ0v) is 14.6. The van der Waals surface area contributed by atoms with Gasteiger partial charge in [-0.05, 0) is 30.2 Å².